The maximum atomic E-state index is 12.5. The van der Waals surface area contributed by atoms with Gasteiger partial charge in [-0.3, -0.25) is 9.69 Å². The zero-order chi connectivity index (χ0) is 19.7. The average molecular weight is 398 g/mol. The normalized spacial score (nSPS) is 17.1. The van der Waals surface area contributed by atoms with Crippen molar-refractivity contribution < 1.29 is 9.53 Å². The second-order valence-electron chi connectivity index (χ2n) is 6.89. The van der Waals surface area contributed by atoms with Crippen LogP contribution in [0.15, 0.2) is 47.3 Å². The van der Waals surface area contributed by atoms with Gasteiger partial charge in [0, 0.05) is 11.1 Å². The molecule has 144 valence electrons. The van der Waals surface area contributed by atoms with E-state index in [9.17, 15) is 9.59 Å². The van der Waals surface area contributed by atoms with Crippen LogP contribution in [-0.4, -0.2) is 34.5 Å². The predicted octanol–water partition coefficient (Wildman–Crippen LogP) is 3.70. The van der Waals surface area contributed by atoms with Gasteiger partial charge < -0.3 is 9.72 Å². The molecule has 0 bridgehead atoms. The molecule has 1 aromatic heterocycles. The highest BCUT2D eigenvalue weighted by Gasteiger charge is 2.28. The molecule has 28 heavy (non-hydrogen) atoms. The summed E-state index contributed by atoms with van der Waals surface area (Å²) in [5.41, 5.74) is 1.73. The number of rotatable bonds is 4. The summed E-state index contributed by atoms with van der Waals surface area (Å²) in [7, 11) is 1.32. The van der Waals surface area contributed by atoms with Gasteiger partial charge in [0.2, 0.25) is 0 Å². The Bertz CT molecular complexity index is 1100. The maximum Gasteiger partial charge on any atom is 0.337 e. The number of fused-ring (bicyclic) bond motifs is 1. The molecule has 1 aliphatic rings. The summed E-state index contributed by atoms with van der Waals surface area (Å²) < 4.78 is 4.75. The number of nitrogens with one attached hydrogen (secondary N) is 1. The Morgan fingerprint density at radius 3 is 2.93 bits per heavy atom. The molecule has 2 heterocycles. The SMILES string of the molecule is COC(=O)c1ccc2c(=O)[nH]c(CN3CCCC3c3ccccc3Cl)nc2c1. The molecule has 1 saturated heterocycles. The number of benzene rings is 2. The van der Waals surface area contributed by atoms with Gasteiger partial charge in [0.05, 0.1) is 30.1 Å². The lowest BCUT2D eigenvalue weighted by Crippen LogP contribution is -2.26. The first-order valence-corrected chi connectivity index (χ1v) is 9.54. The molecule has 0 amide bonds. The Labute approximate surface area is 167 Å². The Morgan fingerprint density at radius 2 is 2.14 bits per heavy atom. The van der Waals surface area contributed by atoms with Gasteiger partial charge in [-0.1, -0.05) is 29.8 Å². The Balaban J connectivity index is 1.66. The summed E-state index contributed by atoms with van der Waals surface area (Å²) in [6.45, 7) is 1.41. The minimum atomic E-state index is -0.455. The highest BCUT2D eigenvalue weighted by atomic mass is 35.5. The van der Waals surface area contributed by atoms with Crippen molar-refractivity contribution in [3.8, 4) is 0 Å². The first-order chi connectivity index (χ1) is 13.6. The number of methoxy groups -OCH3 is 1. The molecule has 1 aliphatic heterocycles. The fraction of sp³-hybridized carbons (Fsp3) is 0.286. The molecule has 1 atom stereocenters. The van der Waals surface area contributed by atoms with E-state index in [4.69, 9.17) is 16.3 Å². The van der Waals surface area contributed by atoms with Crippen molar-refractivity contribution in [3.63, 3.8) is 0 Å². The first kappa shape index (κ1) is 18.7. The van der Waals surface area contributed by atoms with Crippen LogP contribution in [0.3, 0.4) is 0 Å². The molecule has 3 aromatic rings. The van der Waals surface area contributed by atoms with E-state index in [0.717, 1.165) is 30.0 Å². The van der Waals surface area contributed by atoms with Crippen molar-refractivity contribution in [2.24, 2.45) is 0 Å². The molecule has 1 unspecified atom stereocenters. The number of H-pyrrole nitrogens is 1. The van der Waals surface area contributed by atoms with Gasteiger partial charge in [0.15, 0.2) is 0 Å². The van der Waals surface area contributed by atoms with Crippen LogP contribution in [0, 0.1) is 0 Å². The number of aromatic nitrogens is 2. The molecule has 4 rings (SSSR count). The van der Waals surface area contributed by atoms with Gasteiger partial charge in [0.1, 0.15) is 5.82 Å². The van der Waals surface area contributed by atoms with E-state index in [0.29, 0.717) is 28.8 Å². The van der Waals surface area contributed by atoms with E-state index < -0.39 is 5.97 Å². The first-order valence-electron chi connectivity index (χ1n) is 9.16. The number of nitrogens with zero attached hydrogens (tertiary/aromatic N) is 2. The van der Waals surface area contributed by atoms with Crippen LogP contribution >= 0.6 is 11.6 Å². The number of hydrogen-bond acceptors (Lipinski definition) is 5. The molecular formula is C21H20ClN3O3. The number of esters is 1. The number of carbonyl (C=O) groups is 1. The van der Waals surface area contributed by atoms with Crippen LogP contribution in [0.1, 0.15) is 40.6 Å². The molecule has 1 fully saturated rings. The number of likely N-dealkylation sites (tertiary alicyclic amines) is 1. The van der Waals surface area contributed by atoms with Crippen molar-refractivity contribution in [1.82, 2.24) is 14.9 Å². The second kappa shape index (κ2) is 7.73. The largest absolute Gasteiger partial charge is 0.465 e. The molecule has 0 radical (unpaired) electrons. The van der Waals surface area contributed by atoms with Gasteiger partial charge in [-0.2, -0.15) is 0 Å². The molecule has 7 heteroatoms. The van der Waals surface area contributed by atoms with Crippen molar-refractivity contribution in [3.05, 3.63) is 74.8 Å². The van der Waals surface area contributed by atoms with Crippen molar-refractivity contribution in [1.29, 1.82) is 0 Å². The summed E-state index contributed by atoms with van der Waals surface area (Å²) in [4.78, 5) is 34.0. The number of ether oxygens (including phenoxy) is 1. The van der Waals surface area contributed by atoms with Crippen molar-refractivity contribution >= 4 is 28.5 Å². The number of aromatic amines is 1. The third kappa shape index (κ3) is 3.53. The topological polar surface area (TPSA) is 75.3 Å². The third-order valence-electron chi connectivity index (χ3n) is 5.16. The van der Waals surface area contributed by atoms with Gasteiger partial charge in [-0.05, 0) is 49.2 Å². The molecular weight excluding hydrogens is 378 g/mol. The van der Waals surface area contributed by atoms with Crippen LogP contribution in [0.2, 0.25) is 5.02 Å². The molecule has 1 N–H and O–H groups in total. The lowest BCUT2D eigenvalue weighted by atomic mass is 10.0. The van der Waals surface area contributed by atoms with Crippen LogP contribution in [-0.2, 0) is 11.3 Å². The standard InChI is InChI=1S/C21H20ClN3O3/c1-28-21(27)13-8-9-15-17(11-13)23-19(24-20(15)26)12-25-10-4-7-18(25)14-5-2-3-6-16(14)22/h2-3,5-6,8-9,11,18H,4,7,10,12H2,1H3,(H,23,24,26). The zero-order valence-electron chi connectivity index (χ0n) is 15.4. The van der Waals surface area contributed by atoms with E-state index in [1.54, 1.807) is 18.2 Å². The van der Waals surface area contributed by atoms with Crippen molar-refractivity contribution in [2.75, 3.05) is 13.7 Å². The van der Waals surface area contributed by atoms with E-state index in [-0.39, 0.29) is 11.6 Å². The minimum absolute atomic E-state index is 0.191. The summed E-state index contributed by atoms with van der Waals surface area (Å²) >= 11 is 6.39. The van der Waals surface area contributed by atoms with E-state index in [1.807, 2.05) is 24.3 Å². The van der Waals surface area contributed by atoms with Crippen LogP contribution < -0.4 is 5.56 Å². The summed E-state index contributed by atoms with van der Waals surface area (Å²) in [5, 5.41) is 1.20. The lowest BCUT2D eigenvalue weighted by molar-refractivity contribution is 0.0601. The molecule has 6 nitrogen and oxygen atoms in total. The zero-order valence-corrected chi connectivity index (χ0v) is 16.2. The van der Waals surface area contributed by atoms with Crippen LogP contribution in [0.25, 0.3) is 10.9 Å². The molecule has 0 spiro atoms. The number of halogens is 1. The van der Waals surface area contributed by atoms with E-state index in [1.165, 1.54) is 7.11 Å². The summed E-state index contributed by atoms with van der Waals surface area (Å²) in [6, 6.07) is 12.8. The molecule has 0 aliphatic carbocycles. The lowest BCUT2D eigenvalue weighted by Gasteiger charge is -2.25. The highest BCUT2D eigenvalue weighted by molar-refractivity contribution is 6.31. The van der Waals surface area contributed by atoms with Gasteiger partial charge >= 0.3 is 5.97 Å². The average Bonchev–Trinajstić information content (AvgIpc) is 3.15. The second-order valence-corrected chi connectivity index (χ2v) is 7.29. The van der Waals surface area contributed by atoms with Gasteiger partial charge in [0.25, 0.3) is 5.56 Å². The maximum absolute atomic E-state index is 12.5. The monoisotopic (exact) mass is 397 g/mol. The molecule has 2 aromatic carbocycles. The predicted molar refractivity (Wildman–Crippen MR) is 108 cm³/mol. The van der Waals surface area contributed by atoms with Gasteiger partial charge in [-0.15, -0.1) is 0 Å². The van der Waals surface area contributed by atoms with Crippen molar-refractivity contribution in [2.45, 2.75) is 25.4 Å². The van der Waals surface area contributed by atoms with Crippen LogP contribution in [0.5, 0.6) is 0 Å². The quantitative estimate of drug-likeness (QED) is 0.679. The Morgan fingerprint density at radius 1 is 1.32 bits per heavy atom. The van der Waals surface area contributed by atoms with E-state index >= 15 is 0 Å². The van der Waals surface area contributed by atoms with E-state index in [2.05, 4.69) is 14.9 Å². The minimum Gasteiger partial charge on any atom is -0.465 e. The highest BCUT2D eigenvalue weighted by Crippen LogP contribution is 2.36. The summed E-state index contributed by atoms with van der Waals surface area (Å²) in [6.07, 6.45) is 2.06. The number of hydrogen-bond donors (Lipinski definition) is 1. The van der Waals surface area contributed by atoms with Gasteiger partial charge in [-0.25, -0.2) is 9.78 Å². The Kier molecular flexibility index (Phi) is 5.15. The third-order valence-corrected chi connectivity index (χ3v) is 5.50. The smallest absolute Gasteiger partial charge is 0.337 e. The van der Waals surface area contributed by atoms with Crippen LogP contribution in [0.4, 0.5) is 0 Å². The Hall–Kier alpha value is -2.70. The fourth-order valence-corrected chi connectivity index (χ4v) is 4.07. The molecule has 0 saturated carbocycles. The number of carbonyl (C=O) groups excluding carboxylic acids is 1. The fourth-order valence-electron chi connectivity index (χ4n) is 3.81. The summed E-state index contributed by atoms with van der Waals surface area (Å²) in [5.74, 6) is 0.113.